The molecule has 6 nitrogen and oxygen atoms in total. The molecule has 0 aliphatic carbocycles. The van der Waals surface area contributed by atoms with Crippen LogP contribution < -0.4 is 0 Å². The van der Waals surface area contributed by atoms with Gasteiger partial charge in [0, 0.05) is 19.3 Å². The van der Waals surface area contributed by atoms with Gasteiger partial charge in [-0.25, -0.2) is 0 Å². The van der Waals surface area contributed by atoms with Gasteiger partial charge < -0.3 is 14.2 Å². The second-order valence-electron chi connectivity index (χ2n) is 18.8. The zero-order valence-corrected chi connectivity index (χ0v) is 44.2. The monoisotopic (exact) mass is 935 g/mol. The van der Waals surface area contributed by atoms with Crippen molar-refractivity contribution in [2.24, 2.45) is 0 Å². The molecule has 67 heavy (non-hydrogen) atoms. The van der Waals surface area contributed by atoms with Gasteiger partial charge in [0.15, 0.2) is 6.10 Å². The maximum Gasteiger partial charge on any atom is 0.306 e. The van der Waals surface area contributed by atoms with E-state index in [0.717, 1.165) is 83.5 Å². The Morgan fingerprint density at radius 1 is 0.313 bits per heavy atom. The predicted molar refractivity (Wildman–Crippen MR) is 288 cm³/mol. The number of hydrogen-bond acceptors (Lipinski definition) is 6. The van der Waals surface area contributed by atoms with E-state index in [0.29, 0.717) is 19.3 Å². The molecule has 0 saturated heterocycles. The molecule has 0 rings (SSSR count). The van der Waals surface area contributed by atoms with Gasteiger partial charge in [0.25, 0.3) is 0 Å². The summed E-state index contributed by atoms with van der Waals surface area (Å²) in [5, 5.41) is 0. The van der Waals surface area contributed by atoms with Crippen molar-refractivity contribution in [2.75, 3.05) is 13.2 Å². The van der Waals surface area contributed by atoms with Crippen molar-refractivity contribution in [3.63, 3.8) is 0 Å². The van der Waals surface area contributed by atoms with Crippen molar-refractivity contribution in [2.45, 2.75) is 284 Å². The minimum atomic E-state index is -0.801. The van der Waals surface area contributed by atoms with Crippen LogP contribution in [0.2, 0.25) is 0 Å². The highest BCUT2D eigenvalue weighted by Gasteiger charge is 2.19. The fraction of sp³-hybridized carbons (Fsp3) is 0.754. The Hall–Kier alpha value is -3.15. The van der Waals surface area contributed by atoms with E-state index in [1.54, 1.807) is 0 Å². The van der Waals surface area contributed by atoms with Crippen LogP contribution in [0.5, 0.6) is 0 Å². The molecule has 0 fully saturated rings. The lowest BCUT2D eigenvalue weighted by Crippen LogP contribution is -2.30. The minimum absolute atomic E-state index is 0.0952. The van der Waals surface area contributed by atoms with Crippen LogP contribution in [0.15, 0.2) is 72.9 Å². The van der Waals surface area contributed by atoms with Crippen LogP contribution >= 0.6 is 0 Å². The summed E-state index contributed by atoms with van der Waals surface area (Å²) in [6, 6.07) is 0. The number of ether oxygens (including phenoxy) is 3. The highest BCUT2D eigenvalue weighted by molar-refractivity contribution is 5.71. The minimum Gasteiger partial charge on any atom is -0.462 e. The number of hydrogen-bond donors (Lipinski definition) is 0. The van der Waals surface area contributed by atoms with Crippen molar-refractivity contribution >= 4 is 17.9 Å². The molecule has 0 aromatic rings. The number of esters is 3. The average Bonchev–Trinajstić information content (AvgIpc) is 3.33. The molecule has 0 heterocycles. The average molecular weight is 936 g/mol. The van der Waals surface area contributed by atoms with E-state index < -0.39 is 6.10 Å². The largest absolute Gasteiger partial charge is 0.462 e. The lowest BCUT2D eigenvalue weighted by atomic mass is 10.1. The Balaban J connectivity index is 4.38. The van der Waals surface area contributed by atoms with Gasteiger partial charge in [-0.3, -0.25) is 14.4 Å². The number of carbonyl (C=O) groups is 3. The zero-order chi connectivity index (χ0) is 48.6. The topological polar surface area (TPSA) is 78.9 Å². The molecule has 1 atom stereocenters. The summed E-state index contributed by atoms with van der Waals surface area (Å²) < 4.78 is 16.8. The molecule has 0 aliphatic heterocycles. The van der Waals surface area contributed by atoms with Crippen molar-refractivity contribution in [3.05, 3.63) is 72.9 Å². The molecule has 0 bridgehead atoms. The van der Waals surface area contributed by atoms with Crippen LogP contribution in [-0.2, 0) is 28.6 Å². The van der Waals surface area contributed by atoms with Gasteiger partial charge in [-0.05, 0) is 109 Å². The SMILES string of the molecule is CC/C=C\C/C=C\C/C=C\C/C=C\CCCCC(=O)OC(COC(=O)CCCCCCC/C=C\CCCCCC)COC(=O)CCCCCCCCCCC/C=C\CCCCCCCCCC. The fourth-order valence-electron chi connectivity index (χ4n) is 7.89. The van der Waals surface area contributed by atoms with Gasteiger partial charge in [0.1, 0.15) is 13.2 Å². The maximum atomic E-state index is 12.8. The van der Waals surface area contributed by atoms with Crippen molar-refractivity contribution in [1.29, 1.82) is 0 Å². The standard InChI is InChI=1S/C61H106O6/c1-4-7-10-13-16-19-22-25-27-28-29-30-31-32-34-36-39-42-45-48-51-54-60(63)66-57-58(56-65-59(62)53-50-47-44-41-38-35-24-21-18-15-12-9-6-3)67-61(64)55-52-49-46-43-40-37-33-26-23-20-17-14-11-8-5-2/h8,11,17,20-21,24,26,28-29,33,40,43,58H,4-7,9-10,12-16,18-19,22-23,25,27,30-32,34-39,41-42,44-57H2,1-3H3/b11-8-,20-17-,24-21-,29-28-,33-26-,43-40-. The highest BCUT2D eigenvalue weighted by Crippen LogP contribution is 2.15. The molecule has 0 spiro atoms. The normalized spacial score (nSPS) is 12.6. The molecule has 1 unspecified atom stereocenters. The Morgan fingerprint density at radius 3 is 0.970 bits per heavy atom. The first-order valence-corrected chi connectivity index (χ1v) is 28.4. The van der Waals surface area contributed by atoms with E-state index >= 15 is 0 Å². The fourth-order valence-corrected chi connectivity index (χ4v) is 7.89. The molecule has 6 heteroatoms. The van der Waals surface area contributed by atoms with E-state index in [-0.39, 0.29) is 37.5 Å². The second kappa shape index (κ2) is 55.4. The van der Waals surface area contributed by atoms with Crippen molar-refractivity contribution in [1.82, 2.24) is 0 Å². The molecular weight excluding hydrogens is 829 g/mol. The molecular formula is C61H106O6. The van der Waals surface area contributed by atoms with Crippen LogP contribution in [-0.4, -0.2) is 37.2 Å². The number of allylic oxidation sites excluding steroid dienone is 12. The highest BCUT2D eigenvalue weighted by atomic mass is 16.6. The third-order valence-corrected chi connectivity index (χ3v) is 12.2. The van der Waals surface area contributed by atoms with Gasteiger partial charge in [-0.15, -0.1) is 0 Å². The first-order chi connectivity index (χ1) is 33.0. The summed E-state index contributed by atoms with van der Waals surface area (Å²) in [7, 11) is 0. The first-order valence-electron chi connectivity index (χ1n) is 28.4. The first kappa shape index (κ1) is 63.8. The molecule has 0 aromatic heterocycles. The Kier molecular flexibility index (Phi) is 52.8. The van der Waals surface area contributed by atoms with Crippen LogP contribution in [0.4, 0.5) is 0 Å². The third kappa shape index (κ3) is 53.7. The quantitative estimate of drug-likeness (QED) is 0.0262. The van der Waals surface area contributed by atoms with Gasteiger partial charge in [-0.2, -0.15) is 0 Å². The second-order valence-corrected chi connectivity index (χ2v) is 18.8. The van der Waals surface area contributed by atoms with Crippen LogP contribution in [0, 0.1) is 0 Å². The van der Waals surface area contributed by atoms with Gasteiger partial charge in [-0.1, -0.05) is 222 Å². The van der Waals surface area contributed by atoms with Crippen LogP contribution in [0.1, 0.15) is 278 Å². The molecule has 0 aliphatic rings. The Morgan fingerprint density at radius 2 is 0.582 bits per heavy atom. The third-order valence-electron chi connectivity index (χ3n) is 12.2. The van der Waals surface area contributed by atoms with E-state index in [9.17, 15) is 14.4 Å². The van der Waals surface area contributed by atoms with E-state index in [1.165, 1.54) is 148 Å². The van der Waals surface area contributed by atoms with Gasteiger partial charge >= 0.3 is 17.9 Å². The number of rotatable bonds is 51. The maximum absolute atomic E-state index is 12.8. The van der Waals surface area contributed by atoms with Crippen LogP contribution in [0.3, 0.4) is 0 Å². The molecule has 0 saturated carbocycles. The summed E-state index contributed by atoms with van der Waals surface area (Å²) in [4.78, 5) is 38.1. The van der Waals surface area contributed by atoms with Crippen LogP contribution in [0.25, 0.3) is 0 Å². The molecule has 0 radical (unpaired) electrons. The summed E-state index contributed by atoms with van der Waals surface area (Å²) in [6.07, 6.45) is 70.4. The zero-order valence-electron chi connectivity index (χ0n) is 44.2. The smallest absolute Gasteiger partial charge is 0.306 e. The lowest BCUT2D eigenvalue weighted by Gasteiger charge is -2.18. The van der Waals surface area contributed by atoms with Crippen molar-refractivity contribution in [3.8, 4) is 0 Å². The molecule has 0 aromatic carbocycles. The summed E-state index contributed by atoms with van der Waals surface area (Å²) in [6.45, 7) is 6.48. The Bertz CT molecular complexity index is 1260. The van der Waals surface area contributed by atoms with E-state index in [1.807, 2.05) is 0 Å². The van der Waals surface area contributed by atoms with E-state index in [4.69, 9.17) is 14.2 Å². The molecule has 0 N–H and O–H groups in total. The summed E-state index contributed by atoms with van der Waals surface area (Å²) in [5.41, 5.74) is 0. The van der Waals surface area contributed by atoms with Crippen molar-refractivity contribution < 1.29 is 28.6 Å². The molecule has 386 valence electrons. The van der Waals surface area contributed by atoms with Gasteiger partial charge in [0.05, 0.1) is 0 Å². The summed E-state index contributed by atoms with van der Waals surface area (Å²) >= 11 is 0. The van der Waals surface area contributed by atoms with Gasteiger partial charge in [0.2, 0.25) is 0 Å². The Labute approximate surface area is 414 Å². The lowest BCUT2D eigenvalue weighted by molar-refractivity contribution is -0.167. The predicted octanol–water partition coefficient (Wildman–Crippen LogP) is 19.0. The summed E-state index contributed by atoms with van der Waals surface area (Å²) in [5.74, 6) is -0.942. The number of carbonyl (C=O) groups excluding carboxylic acids is 3. The molecule has 0 amide bonds. The number of unbranched alkanes of at least 4 members (excludes halogenated alkanes) is 28. The van der Waals surface area contributed by atoms with E-state index in [2.05, 4.69) is 93.7 Å².